The first-order chi connectivity index (χ1) is 34.3. The number of aliphatic hydroxyl groups is 5. The number of hydrogen-bond acceptors (Lipinski definition) is 8. The van der Waals surface area contributed by atoms with Crippen LogP contribution in [0.25, 0.3) is 0 Å². The predicted octanol–water partition coefficient (Wildman–Crippen LogP) is 14.5. The molecule has 0 aromatic rings. The third kappa shape index (κ3) is 39.2. The zero-order valence-electron chi connectivity index (χ0n) is 45.0. The van der Waals surface area contributed by atoms with E-state index in [1.165, 1.54) is 154 Å². The van der Waals surface area contributed by atoms with E-state index in [9.17, 15) is 30.3 Å². The molecule has 0 aromatic heterocycles. The molecular weight excluding hydrogens is 875 g/mol. The number of amides is 1. The summed E-state index contributed by atoms with van der Waals surface area (Å²) in [4.78, 5) is 12.9. The van der Waals surface area contributed by atoms with Gasteiger partial charge in [0.15, 0.2) is 6.29 Å². The summed E-state index contributed by atoms with van der Waals surface area (Å²) in [5, 5.41) is 53.9. The Bertz CT molecular complexity index is 1330. The van der Waals surface area contributed by atoms with Gasteiger partial charge >= 0.3 is 0 Å². The van der Waals surface area contributed by atoms with Crippen LogP contribution in [0, 0.1) is 0 Å². The number of carbonyl (C=O) groups excluding carboxylic acids is 1. The molecule has 0 radical (unpaired) electrons. The average molecular weight is 985 g/mol. The Hall–Kier alpha value is -2.37. The molecule has 1 aliphatic heterocycles. The summed E-state index contributed by atoms with van der Waals surface area (Å²) in [5.41, 5.74) is 0. The lowest BCUT2D eigenvalue weighted by Gasteiger charge is -2.40. The average Bonchev–Trinajstić information content (AvgIpc) is 3.36. The number of hydrogen-bond donors (Lipinski definition) is 6. The number of carbonyl (C=O) groups is 1. The Morgan fingerprint density at radius 1 is 0.500 bits per heavy atom. The van der Waals surface area contributed by atoms with Crippen molar-refractivity contribution in [1.29, 1.82) is 0 Å². The van der Waals surface area contributed by atoms with Crippen molar-refractivity contribution in [3.63, 3.8) is 0 Å². The van der Waals surface area contributed by atoms with Crippen LogP contribution in [-0.2, 0) is 14.3 Å². The molecule has 0 bridgehead atoms. The van der Waals surface area contributed by atoms with Gasteiger partial charge in [-0.3, -0.25) is 4.79 Å². The van der Waals surface area contributed by atoms with Crippen molar-refractivity contribution < 1.29 is 39.8 Å². The summed E-state index contributed by atoms with van der Waals surface area (Å²) in [7, 11) is 0. The molecule has 1 saturated heterocycles. The van der Waals surface area contributed by atoms with Gasteiger partial charge in [0.25, 0.3) is 0 Å². The molecule has 1 amide bonds. The van der Waals surface area contributed by atoms with Crippen LogP contribution in [-0.4, -0.2) is 87.5 Å². The Balaban J connectivity index is 1.94. The fraction of sp³-hybridized carbons (Fsp3) is 0.787. The first-order valence-electron chi connectivity index (χ1n) is 29.2. The van der Waals surface area contributed by atoms with Crippen LogP contribution in [0.5, 0.6) is 0 Å². The minimum atomic E-state index is -1.56. The predicted molar refractivity (Wildman–Crippen MR) is 295 cm³/mol. The van der Waals surface area contributed by atoms with Gasteiger partial charge in [-0.15, -0.1) is 0 Å². The first-order valence-corrected chi connectivity index (χ1v) is 29.2. The van der Waals surface area contributed by atoms with Crippen LogP contribution < -0.4 is 5.32 Å². The van der Waals surface area contributed by atoms with Gasteiger partial charge in [-0.05, 0) is 64.2 Å². The normalized spacial score (nSPS) is 19.9. The topological polar surface area (TPSA) is 149 Å². The Kier molecular flexibility index (Phi) is 47.1. The fourth-order valence-corrected chi connectivity index (χ4v) is 8.95. The van der Waals surface area contributed by atoms with E-state index in [0.29, 0.717) is 6.42 Å². The van der Waals surface area contributed by atoms with Crippen LogP contribution in [0.3, 0.4) is 0 Å². The van der Waals surface area contributed by atoms with Gasteiger partial charge in [-0.2, -0.15) is 0 Å². The van der Waals surface area contributed by atoms with E-state index < -0.39 is 49.5 Å². The maximum Gasteiger partial charge on any atom is 0.220 e. The number of ether oxygens (including phenoxy) is 2. The molecule has 1 fully saturated rings. The highest BCUT2D eigenvalue weighted by Gasteiger charge is 2.44. The molecule has 9 heteroatoms. The molecule has 0 spiro atoms. The van der Waals surface area contributed by atoms with Crippen LogP contribution in [0.15, 0.2) is 72.9 Å². The molecule has 0 aliphatic carbocycles. The van der Waals surface area contributed by atoms with Crippen molar-refractivity contribution in [1.82, 2.24) is 5.32 Å². The largest absolute Gasteiger partial charge is 0.394 e. The van der Waals surface area contributed by atoms with E-state index in [0.717, 1.165) is 77.0 Å². The molecule has 0 saturated carbocycles. The summed E-state index contributed by atoms with van der Waals surface area (Å²) in [5.74, 6) is -0.180. The van der Waals surface area contributed by atoms with E-state index in [4.69, 9.17) is 9.47 Å². The van der Waals surface area contributed by atoms with Gasteiger partial charge in [0.05, 0.1) is 25.4 Å². The molecule has 7 unspecified atom stereocenters. The molecule has 1 rings (SSSR count). The van der Waals surface area contributed by atoms with Crippen molar-refractivity contribution in [2.75, 3.05) is 13.2 Å². The van der Waals surface area contributed by atoms with Crippen molar-refractivity contribution in [3.05, 3.63) is 72.9 Å². The second-order valence-corrected chi connectivity index (χ2v) is 20.1. The lowest BCUT2D eigenvalue weighted by atomic mass is 9.99. The highest BCUT2D eigenvalue weighted by Crippen LogP contribution is 2.23. The van der Waals surface area contributed by atoms with Gasteiger partial charge < -0.3 is 40.3 Å². The summed E-state index contributed by atoms with van der Waals surface area (Å²) < 4.78 is 11.2. The highest BCUT2D eigenvalue weighted by atomic mass is 16.7. The van der Waals surface area contributed by atoms with E-state index >= 15 is 0 Å². The monoisotopic (exact) mass is 984 g/mol. The summed E-state index contributed by atoms with van der Waals surface area (Å²) in [6, 6.07) is -0.801. The second-order valence-electron chi connectivity index (χ2n) is 20.1. The minimum Gasteiger partial charge on any atom is -0.394 e. The number of aliphatic hydroxyl groups excluding tert-OH is 5. The van der Waals surface area contributed by atoms with E-state index in [2.05, 4.69) is 79.9 Å². The molecule has 9 nitrogen and oxygen atoms in total. The van der Waals surface area contributed by atoms with Crippen molar-refractivity contribution >= 4 is 5.91 Å². The standard InChI is InChI=1S/C61H109NO8/c1-3-5-7-9-11-12-13-14-15-16-17-18-19-20-21-22-23-24-25-26-27-28-29-30-31-32-33-34-35-36-37-38-39-40-41-42-43-44-45-47-49-51-57(65)62-54(55(64)50-48-46-10-8-6-4-2)53-69-61-60(68)59(67)58(66)56(52-63)70-61/h5,7,11-12,14-15,17-18,20-21,48,50,54-56,58-61,63-64,66-68H,3-4,6,8-10,13,16,19,22-47,49,51-53H2,1-2H3,(H,62,65)/b7-5-,12-11-,15-14-,18-17-,21-20-,50-48+. The molecule has 1 heterocycles. The van der Waals surface area contributed by atoms with Gasteiger partial charge in [0, 0.05) is 6.42 Å². The van der Waals surface area contributed by atoms with Crippen LogP contribution in [0.1, 0.15) is 251 Å². The third-order valence-electron chi connectivity index (χ3n) is 13.5. The number of allylic oxidation sites excluding steroid dienone is 11. The molecule has 7 atom stereocenters. The molecule has 406 valence electrons. The SMILES string of the molecule is CC/C=C\C/C=C\C/C=C\C/C=C\C/C=C\CCCCCCCCCCCCCCCCCCCCCCCCCCCC(=O)NC(COC1OC(CO)C(O)C(O)C1O)C(O)/C=C/CCCCCC. The number of unbranched alkanes of at least 4 members (excludes halogenated alkanes) is 29. The first kappa shape index (κ1) is 65.6. The Morgan fingerprint density at radius 3 is 1.31 bits per heavy atom. The minimum absolute atomic E-state index is 0.180. The van der Waals surface area contributed by atoms with E-state index in [1.54, 1.807) is 6.08 Å². The maximum absolute atomic E-state index is 12.9. The van der Waals surface area contributed by atoms with E-state index in [-0.39, 0.29) is 12.5 Å². The smallest absolute Gasteiger partial charge is 0.220 e. The van der Waals surface area contributed by atoms with Gasteiger partial charge in [0.1, 0.15) is 24.4 Å². The Morgan fingerprint density at radius 2 is 0.886 bits per heavy atom. The summed E-state index contributed by atoms with van der Waals surface area (Å²) in [6.07, 6.45) is 63.4. The lowest BCUT2D eigenvalue weighted by Crippen LogP contribution is -2.60. The quantitative estimate of drug-likeness (QED) is 0.0261. The summed E-state index contributed by atoms with van der Waals surface area (Å²) in [6.45, 7) is 3.58. The number of rotatable bonds is 49. The number of nitrogens with one attached hydrogen (secondary N) is 1. The summed E-state index contributed by atoms with van der Waals surface area (Å²) >= 11 is 0. The maximum atomic E-state index is 12.9. The molecule has 1 aliphatic rings. The van der Waals surface area contributed by atoms with Crippen molar-refractivity contribution in [3.8, 4) is 0 Å². The van der Waals surface area contributed by atoms with Gasteiger partial charge in [-0.25, -0.2) is 0 Å². The molecular formula is C61H109NO8. The molecule has 0 aromatic carbocycles. The highest BCUT2D eigenvalue weighted by molar-refractivity contribution is 5.76. The van der Waals surface area contributed by atoms with Crippen LogP contribution in [0.4, 0.5) is 0 Å². The van der Waals surface area contributed by atoms with Gasteiger partial charge in [0.2, 0.25) is 5.91 Å². The molecule has 6 N–H and O–H groups in total. The second kappa shape index (κ2) is 50.2. The lowest BCUT2D eigenvalue weighted by molar-refractivity contribution is -0.302. The zero-order chi connectivity index (χ0) is 50.8. The fourth-order valence-electron chi connectivity index (χ4n) is 8.95. The van der Waals surface area contributed by atoms with Gasteiger partial charge in [-0.1, -0.05) is 254 Å². The molecule has 70 heavy (non-hydrogen) atoms. The van der Waals surface area contributed by atoms with Crippen molar-refractivity contribution in [2.45, 2.75) is 294 Å². The Labute approximate surface area is 429 Å². The van der Waals surface area contributed by atoms with E-state index in [1.807, 2.05) is 6.08 Å². The third-order valence-corrected chi connectivity index (χ3v) is 13.5. The van der Waals surface area contributed by atoms with Crippen molar-refractivity contribution in [2.24, 2.45) is 0 Å². The van der Waals surface area contributed by atoms with Crippen LogP contribution >= 0.6 is 0 Å². The zero-order valence-corrected chi connectivity index (χ0v) is 45.0. The van der Waals surface area contributed by atoms with Crippen LogP contribution in [0.2, 0.25) is 0 Å².